The molecule has 730 valence electrons. The zero-order valence-electron chi connectivity index (χ0n) is 84.1. The minimum Gasteiger partial charge on any atom is -0.457 e. The van der Waals surface area contributed by atoms with Crippen LogP contribution in [-0.2, 0) is 33.6 Å². The second-order valence-corrected chi connectivity index (χ2v) is 35.6. The third kappa shape index (κ3) is 36.1. The second kappa shape index (κ2) is 57.0. The zero-order valence-corrected chi connectivity index (χ0v) is 84.1. The fraction of sp³-hybridized carbons (Fsp3) is 0.250. The smallest absolute Gasteiger partial charge is 0.316 e. The van der Waals surface area contributed by atoms with E-state index in [1.807, 2.05) is 379 Å². The first-order chi connectivity index (χ1) is 67.7. The number of esters is 7. The van der Waals surface area contributed by atoms with Gasteiger partial charge in [0.2, 0.25) is 0 Å². The van der Waals surface area contributed by atoms with Gasteiger partial charge in [0.05, 0.1) is 39.9 Å². The number of benzene rings is 14. The maximum atomic E-state index is 12.3. The molecule has 0 amide bonds. The van der Waals surface area contributed by atoms with E-state index < -0.39 is 16.2 Å². The van der Waals surface area contributed by atoms with Crippen LogP contribution in [0.5, 0.6) is 51.7 Å². The highest BCUT2D eigenvalue weighted by Crippen LogP contribution is 2.36. The van der Waals surface area contributed by atoms with Gasteiger partial charge in [-0.1, -0.05) is 337 Å². The fourth-order valence-corrected chi connectivity index (χ4v) is 12.3. The molecular formula is C124H132O17. The van der Waals surface area contributed by atoms with Crippen LogP contribution >= 0.6 is 0 Å². The van der Waals surface area contributed by atoms with E-state index in [-0.39, 0.29) is 77.0 Å². The minimum atomic E-state index is -0.515. The summed E-state index contributed by atoms with van der Waals surface area (Å²) < 4.78 is 43.4. The van der Waals surface area contributed by atoms with Gasteiger partial charge in [0.25, 0.3) is 0 Å². The summed E-state index contributed by atoms with van der Waals surface area (Å²) >= 11 is 0. The molecular weight excluding hydrogens is 1760 g/mol. The van der Waals surface area contributed by atoms with Crippen molar-refractivity contribution in [3.05, 3.63) is 404 Å². The zero-order chi connectivity index (χ0) is 102. The lowest BCUT2D eigenvalue weighted by Crippen LogP contribution is -2.28. The molecule has 141 heavy (non-hydrogen) atoms. The van der Waals surface area contributed by atoms with Crippen LogP contribution in [0.2, 0.25) is 0 Å². The van der Waals surface area contributed by atoms with Crippen molar-refractivity contribution in [3.8, 4) is 96.3 Å². The predicted octanol–water partition coefficient (Wildman–Crippen LogP) is 30.6. The Labute approximate surface area is 832 Å². The molecule has 14 aromatic carbocycles. The van der Waals surface area contributed by atoms with Crippen molar-refractivity contribution in [2.75, 3.05) is 0 Å². The normalized spacial score (nSPS) is 11.5. The molecule has 0 heterocycles. The SMILES string of the molecule is CCC(C)(C)C(=O)Oc1ccc(-c2ccccc2)cc1.CCC(C)(C)C(=O)Oc1ccc(C(=O)c2ccccc2)cc1.CCC(C)(C)C(=O)Oc1ccccc1-c1ccccc1.CCC(C)C(=O)Oc1ccc(-c2ccccc2)cc1.CCC(C)C(=O)Oc1ccc(C(=O)c2ccccc2)cc1.CCC(C)C(=O)Oc1ccc(Oc2ccccc2)cc1.CCC(C)C(=O)Oc1ccccc1-c1ccccc1. The van der Waals surface area contributed by atoms with E-state index in [0.29, 0.717) is 74.7 Å². The number of hydrogen-bond acceptors (Lipinski definition) is 17. The van der Waals surface area contributed by atoms with Gasteiger partial charge in [-0.15, -0.1) is 0 Å². The fourth-order valence-electron chi connectivity index (χ4n) is 12.3. The molecule has 0 spiro atoms. The lowest BCUT2D eigenvalue weighted by atomic mass is 9.90. The van der Waals surface area contributed by atoms with E-state index in [1.165, 1.54) is 0 Å². The maximum Gasteiger partial charge on any atom is 0.316 e. The van der Waals surface area contributed by atoms with Crippen molar-refractivity contribution < 1.29 is 81.0 Å². The summed E-state index contributed by atoms with van der Waals surface area (Å²) in [4.78, 5) is 108. The summed E-state index contributed by atoms with van der Waals surface area (Å²) in [6.07, 6.45) is 5.30. The number of ether oxygens (including phenoxy) is 8. The van der Waals surface area contributed by atoms with E-state index in [4.69, 9.17) is 37.9 Å². The van der Waals surface area contributed by atoms with Crippen molar-refractivity contribution >= 4 is 53.4 Å². The van der Waals surface area contributed by atoms with Crippen LogP contribution in [0.4, 0.5) is 0 Å². The van der Waals surface area contributed by atoms with Gasteiger partial charge in [-0.2, -0.15) is 0 Å². The first kappa shape index (κ1) is 111. The Hall–Kier alpha value is -15.5. The summed E-state index contributed by atoms with van der Waals surface area (Å²) in [7, 11) is 0. The predicted molar refractivity (Wildman–Crippen MR) is 563 cm³/mol. The van der Waals surface area contributed by atoms with E-state index in [1.54, 1.807) is 97.1 Å². The molecule has 4 unspecified atom stereocenters. The lowest BCUT2D eigenvalue weighted by Gasteiger charge is -2.21. The molecule has 0 aromatic heterocycles. The molecule has 0 radical (unpaired) electrons. The molecule has 17 heteroatoms. The molecule has 14 rings (SSSR count). The number of carbonyl (C=O) groups is 9. The van der Waals surface area contributed by atoms with Gasteiger partial charge in [0.1, 0.15) is 51.7 Å². The van der Waals surface area contributed by atoms with Gasteiger partial charge in [-0.05, 0) is 241 Å². The Morgan fingerprint density at radius 3 is 0.709 bits per heavy atom. The van der Waals surface area contributed by atoms with Gasteiger partial charge in [-0.25, -0.2) is 0 Å². The molecule has 17 nitrogen and oxygen atoms in total. The van der Waals surface area contributed by atoms with Gasteiger partial charge < -0.3 is 37.9 Å². The van der Waals surface area contributed by atoms with Crippen molar-refractivity contribution in [2.45, 2.75) is 163 Å². The molecule has 14 aromatic rings. The summed E-state index contributed by atoms with van der Waals surface area (Å²) in [5.74, 6) is 3.47. The van der Waals surface area contributed by atoms with E-state index in [2.05, 4.69) is 24.3 Å². The highest BCUT2D eigenvalue weighted by Gasteiger charge is 2.31. The second-order valence-electron chi connectivity index (χ2n) is 35.6. The molecule has 0 aliphatic heterocycles. The quantitative estimate of drug-likeness (QED) is 0.0223. The van der Waals surface area contributed by atoms with Crippen LogP contribution in [0.1, 0.15) is 194 Å². The average molecular weight is 1890 g/mol. The standard InChI is InChI=1S/C19H20O3.C18H18O3.2C18H20O2.C17H18O3.2C17H18O2/c1-4-19(2,3)18(21)22-16-12-10-15(11-13-16)17(20)14-8-6-5-7-9-14;1-3-13(2)18(20)21-16-11-9-15(10-12-16)17(19)14-7-5-4-6-8-14;1-4-18(2,3)17(19)20-16-13-9-8-12-15(16)14-10-6-5-7-11-14;1-4-18(2,3)17(19)20-16-12-10-15(11-13-16)14-8-6-5-7-9-14;1-3-13(2)17(18)20-16-11-9-15(10-12-16)19-14-7-5-4-6-8-14;1-3-13(2)17(18)19-16-12-8-7-11-15(16)14-9-5-4-6-10-14;1-3-13(2)17(18)19-16-11-9-15(10-12-16)14-7-5-4-6-8-14/h5-13H,4H2,1-3H3;4-13H,3H2,1-2H3;2*5-13H,4H2,1-3H3;4-13H,3H2,1-2H3;2*4-13H,3H2,1-2H3. The van der Waals surface area contributed by atoms with Crippen LogP contribution in [-0.4, -0.2) is 53.4 Å². The lowest BCUT2D eigenvalue weighted by molar-refractivity contribution is -0.144. The average Bonchev–Trinajstić information content (AvgIpc) is 0.824. The van der Waals surface area contributed by atoms with Crippen LogP contribution in [0.15, 0.2) is 382 Å². The van der Waals surface area contributed by atoms with Gasteiger partial charge >= 0.3 is 41.8 Å². The Morgan fingerprint density at radius 2 is 0.411 bits per heavy atom. The van der Waals surface area contributed by atoms with Crippen LogP contribution in [0, 0.1) is 39.9 Å². The summed E-state index contributed by atoms with van der Waals surface area (Å²) in [5.41, 5.74) is 9.51. The number of carbonyl (C=O) groups excluding carboxylic acids is 9. The third-order valence-corrected chi connectivity index (χ3v) is 23.8. The highest BCUT2D eigenvalue weighted by atomic mass is 16.6. The van der Waals surface area contributed by atoms with Crippen molar-refractivity contribution in [3.63, 3.8) is 0 Å². The molecule has 0 aliphatic carbocycles. The molecule has 0 fully saturated rings. The number of rotatable bonds is 31. The van der Waals surface area contributed by atoms with E-state index in [0.717, 1.165) is 88.8 Å². The van der Waals surface area contributed by atoms with Crippen molar-refractivity contribution in [1.82, 2.24) is 0 Å². The van der Waals surface area contributed by atoms with Crippen LogP contribution in [0.25, 0.3) is 44.5 Å². The minimum absolute atomic E-state index is 0.0459. The Bertz CT molecular complexity index is 6190. The molecule has 0 aliphatic rings. The van der Waals surface area contributed by atoms with Crippen molar-refractivity contribution in [1.29, 1.82) is 0 Å². The number of para-hydroxylation sites is 3. The van der Waals surface area contributed by atoms with E-state index >= 15 is 0 Å². The molecule has 0 N–H and O–H groups in total. The van der Waals surface area contributed by atoms with Crippen molar-refractivity contribution in [2.24, 2.45) is 39.9 Å². The number of hydrogen-bond donors (Lipinski definition) is 0. The first-order valence-corrected chi connectivity index (χ1v) is 48.1. The monoisotopic (exact) mass is 1890 g/mol. The summed E-state index contributed by atoms with van der Waals surface area (Å²) in [6, 6.07) is 119. The molecule has 0 saturated heterocycles. The van der Waals surface area contributed by atoms with Crippen LogP contribution in [0.3, 0.4) is 0 Å². The van der Waals surface area contributed by atoms with Gasteiger partial charge in [0, 0.05) is 33.4 Å². The molecule has 0 saturated carbocycles. The van der Waals surface area contributed by atoms with Crippen LogP contribution < -0.4 is 37.9 Å². The third-order valence-electron chi connectivity index (χ3n) is 23.8. The topological polar surface area (TPSA) is 227 Å². The maximum absolute atomic E-state index is 12.3. The van der Waals surface area contributed by atoms with E-state index in [9.17, 15) is 43.2 Å². The Balaban J connectivity index is 0.000000201. The Morgan fingerprint density at radius 1 is 0.206 bits per heavy atom. The molecule has 4 atom stereocenters. The highest BCUT2D eigenvalue weighted by molar-refractivity contribution is 6.09. The summed E-state index contributed by atoms with van der Waals surface area (Å²) in [6.45, 7) is 32.5. The van der Waals surface area contributed by atoms with Gasteiger partial charge in [-0.3, -0.25) is 43.2 Å². The van der Waals surface area contributed by atoms with Gasteiger partial charge in [0.15, 0.2) is 11.6 Å². The largest absolute Gasteiger partial charge is 0.457 e. The summed E-state index contributed by atoms with van der Waals surface area (Å²) in [5, 5.41) is 0. The number of ketones is 2. The Kier molecular flexibility index (Phi) is 44.8. The molecule has 0 bridgehead atoms. The first-order valence-electron chi connectivity index (χ1n) is 48.1.